The molecule has 1 aromatic heterocycles. The molecule has 1 atom stereocenters. The standard InChI is InChI=1S/C19H21FN2O2S/c1-13-5-7-17(25-13)10-21-19(24)15-6-8-18(23)22(12-15)11-14-3-2-4-16(20)9-14/h2-5,7,9,15H,6,8,10-12H2,1H3,(H,21,24)/t15-/m1/s1. The quantitative estimate of drug-likeness (QED) is 0.890. The zero-order chi connectivity index (χ0) is 17.8. The van der Waals surface area contributed by atoms with Crippen LogP contribution >= 0.6 is 11.3 Å². The van der Waals surface area contributed by atoms with Gasteiger partial charge in [0.2, 0.25) is 11.8 Å². The molecular weight excluding hydrogens is 339 g/mol. The summed E-state index contributed by atoms with van der Waals surface area (Å²) < 4.78 is 13.3. The first-order chi connectivity index (χ1) is 12.0. The summed E-state index contributed by atoms with van der Waals surface area (Å²) >= 11 is 1.67. The van der Waals surface area contributed by atoms with Gasteiger partial charge in [0.25, 0.3) is 0 Å². The smallest absolute Gasteiger partial charge is 0.225 e. The van der Waals surface area contributed by atoms with E-state index in [1.807, 2.05) is 19.1 Å². The Labute approximate surface area is 150 Å². The third-order valence-corrected chi connectivity index (χ3v) is 5.37. The molecule has 2 amide bonds. The van der Waals surface area contributed by atoms with Crippen LogP contribution in [0.15, 0.2) is 36.4 Å². The van der Waals surface area contributed by atoms with Gasteiger partial charge in [-0.1, -0.05) is 12.1 Å². The van der Waals surface area contributed by atoms with Crippen molar-refractivity contribution < 1.29 is 14.0 Å². The van der Waals surface area contributed by atoms with Gasteiger partial charge in [-0.05, 0) is 43.2 Å². The highest BCUT2D eigenvalue weighted by atomic mass is 32.1. The van der Waals surface area contributed by atoms with Gasteiger partial charge in [0.1, 0.15) is 5.82 Å². The molecular formula is C19H21FN2O2S. The number of nitrogens with one attached hydrogen (secondary N) is 1. The topological polar surface area (TPSA) is 49.4 Å². The number of carbonyl (C=O) groups excluding carboxylic acids is 2. The SMILES string of the molecule is Cc1ccc(CNC(=O)[C@@H]2CCC(=O)N(Cc3cccc(F)c3)C2)s1. The summed E-state index contributed by atoms with van der Waals surface area (Å²) in [5.74, 6) is -0.542. The van der Waals surface area contributed by atoms with Crippen molar-refractivity contribution in [2.24, 2.45) is 5.92 Å². The van der Waals surface area contributed by atoms with E-state index in [2.05, 4.69) is 5.32 Å². The van der Waals surface area contributed by atoms with E-state index in [9.17, 15) is 14.0 Å². The van der Waals surface area contributed by atoms with Gasteiger partial charge in [0.05, 0.1) is 12.5 Å². The molecule has 1 saturated heterocycles. The Kier molecular flexibility index (Phi) is 5.48. The number of hydrogen-bond donors (Lipinski definition) is 1. The molecule has 3 rings (SSSR count). The fourth-order valence-corrected chi connectivity index (χ4v) is 3.87. The first kappa shape index (κ1) is 17.6. The summed E-state index contributed by atoms with van der Waals surface area (Å²) in [4.78, 5) is 28.6. The number of halogens is 1. The van der Waals surface area contributed by atoms with Crippen molar-refractivity contribution in [2.45, 2.75) is 32.9 Å². The highest BCUT2D eigenvalue weighted by molar-refractivity contribution is 7.11. The average molecular weight is 360 g/mol. The van der Waals surface area contributed by atoms with Crippen molar-refractivity contribution in [3.63, 3.8) is 0 Å². The molecule has 0 saturated carbocycles. The summed E-state index contributed by atoms with van der Waals surface area (Å²) in [5.41, 5.74) is 0.739. The van der Waals surface area contributed by atoms with Crippen LogP contribution in [-0.4, -0.2) is 23.3 Å². The first-order valence-corrected chi connectivity index (χ1v) is 9.18. The summed E-state index contributed by atoms with van der Waals surface area (Å²) in [5, 5.41) is 2.96. The minimum atomic E-state index is -0.317. The van der Waals surface area contributed by atoms with Crippen LogP contribution in [0.5, 0.6) is 0 Å². The van der Waals surface area contributed by atoms with Crippen LogP contribution in [0.3, 0.4) is 0 Å². The van der Waals surface area contributed by atoms with Crippen LogP contribution in [0.4, 0.5) is 4.39 Å². The van der Waals surface area contributed by atoms with Gasteiger partial charge >= 0.3 is 0 Å². The van der Waals surface area contributed by atoms with Crippen LogP contribution in [0.1, 0.15) is 28.2 Å². The maximum Gasteiger partial charge on any atom is 0.225 e. The van der Waals surface area contributed by atoms with Gasteiger partial charge in [-0.25, -0.2) is 4.39 Å². The van der Waals surface area contributed by atoms with E-state index in [1.54, 1.807) is 28.4 Å². The lowest BCUT2D eigenvalue weighted by Crippen LogP contribution is -2.45. The molecule has 2 aromatic rings. The molecule has 1 fully saturated rings. The van der Waals surface area contributed by atoms with Gasteiger partial charge in [-0.3, -0.25) is 9.59 Å². The maximum absolute atomic E-state index is 13.3. The van der Waals surface area contributed by atoms with E-state index in [1.165, 1.54) is 17.0 Å². The second kappa shape index (κ2) is 7.78. The molecule has 0 aliphatic carbocycles. The molecule has 2 heterocycles. The number of piperidine rings is 1. The second-order valence-electron chi connectivity index (χ2n) is 6.37. The van der Waals surface area contributed by atoms with E-state index in [-0.39, 0.29) is 23.5 Å². The monoisotopic (exact) mass is 360 g/mol. The molecule has 1 aliphatic rings. The van der Waals surface area contributed by atoms with E-state index in [0.717, 1.165) is 10.4 Å². The second-order valence-corrected chi connectivity index (χ2v) is 7.74. The van der Waals surface area contributed by atoms with E-state index in [4.69, 9.17) is 0 Å². The number of rotatable bonds is 5. The number of nitrogens with zero attached hydrogens (tertiary/aromatic N) is 1. The number of benzene rings is 1. The van der Waals surface area contributed by atoms with Crippen LogP contribution in [0.2, 0.25) is 0 Å². The highest BCUT2D eigenvalue weighted by Gasteiger charge is 2.30. The number of carbonyl (C=O) groups is 2. The van der Waals surface area contributed by atoms with Crippen molar-refractivity contribution >= 4 is 23.2 Å². The molecule has 1 aliphatic heterocycles. The Morgan fingerprint density at radius 3 is 2.92 bits per heavy atom. The molecule has 6 heteroatoms. The van der Waals surface area contributed by atoms with Gasteiger partial charge in [-0.2, -0.15) is 0 Å². The molecule has 1 N–H and O–H groups in total. The van der Waals surface area contributed by atoms with E-state index < -0.39 is 0 Å². The van der Waals surface area contributed by atoms with E-state index in [0.29, 0.717) is 32.5 Å². The molecule has 0 bridgehead atoms. The van der Waals surface area contributed by atoms with Gasteiger partial charge < -0.3 is 10.2 Å². The summed E-state index contributed by atoms with van der Waals surface area (Å²) in [6.07, 6.45) is 0.916. The normalized spacial score (nSPS) is 17.6. The van der Waals surface area contributed by atoms with Crippen molar-refractivity contribution in [1.29, 1.82) is 0 Å². The minimum absolute atomic E-state index is 0.0159. The first-order valence-electron chi connectivity index (χ1n) is 8.36. The highest BCUT2D eigenvalue weighted by Crippen LogP contribution is 2.21. The van der Waals surface area contributed by atoms with Crippen LogP contribution in [0, 0.1) is 18.7 Å². The summed E-state index contributed by atoms with van der Waals surface area (Å²) in [6.45, 7) is 3.27. The van der Waals surface area contributed by atoms with Crippen LogP contribution in [-0.2, 0) is 22.7 Å². The van der Waals surface area contributed by atoms with Gasteiger partial charge in [0, 0.05) is 29.3 Å². The molecule has 132 valence electrons. The summed E-state index contributed by atoms with van der Waals surface area (Å²) in [6, 6.07) is 10.3. The largest absolute Gasteiger partial charge is 0.351 e. The zero-order valence-electron chi connectivity index (χ0n) is 14.1. The third kappa shape index (κ3) is 4.66. The number of amides is 2. The molecule has 25 heavy (non-hydrogen) atoms. The lowest BCUT2D eigenvalue weighted by Gasteiger charge is -2.32. The average Bonchev–Trinajstić information content (AvgIpc) is 3.00. The Morgan fingerprint density at radius 1 is 1.36 bits per heavy atom. The van der Waals surface area contributed by atoms with Crippen molar-refractivity contribution in [3.05, 3.63) is 57.5 Å². The number of aryl methyl sites for hydroxylation is 1. The van der Waals surface area contributed by atoms with Gasteiger partial charge in [-0.15, -0.1) is 11.3 Å². The van der Waals surface area contributed by atoms with Crippen LogP contribution < -0.4 is 5.32 Å². The lowest BCUT2D eigenvalue weighted by molar-refractivity contribution is -0.138. The summed E-state index contributed by atoms with van der Waals surface area (Å²) in [7, 11) is 0. The molecule has 0 spiro atoms. The number of likely N-dealkylation sites (tertiary alicyclic amines) is 1. The van der Waals surface area contributed by atoms with Crippen molar-refractivity contribution in [2.75, 3.05) is 6.54 Å². The minimum Gasteiger partial charge on any atom is -0.351 e. The number of hydrogen-bond acceptors (Lipinski definition) is 3. The predicted octanol–water partition coefficient (Wildman–Crippen LogP) is 3.25. The number of thiophene rings is 1. The molecule has 0 unspecified atom stereocenters. The Morgan fingerprint density at radius 2 is 2.20 bits per heavy atom. The lowest BCUT2D eigenvalue weighted by atomic mass is 9.96. The Hall–Kier alpha value is -2.21. The predicted molar refractivity (Wildman–Crippen MR) is 95.4 cm³/mol. The third-order valence-electron chi connectivity index (χ3n) is 4.37. The fourth-order valence-electron chi connectivity index (χ4n) is 3.04. The van der Waals surface area contributed by atoms with E-state index >= 15 is 0 Å². The Bertz CT molecular complexity index is 774. The molecule has 0 radical (unpaired) electrons. The molecule has 4 nitrogen and oxygen atoms in total. The Balaban J connectivity index is 1.57. The molecule has 1 aromatic carbocycles. The van der Waals surface area contributed by atoms with Crippen molar-refractivity contribution in [1.82, 2.24) is 10.2 Å². The maximum atomic E-state index is 13.3. The van der Waals surface area contributed by atoms with Gasteiger partial charge in [0.15, 0.2) is 0 Å². The zero-order valence-corrected chi connectivity index (χ0v) is 14.9. The fraction of sp³-hybridized carbons (Fsp3) is 0.368. The van der Waals surface area contributed by atoms with Crippen LogP contribution in [0.25, 0.3) is 0 Å². The van der Waals surface area contributed by atoms with Crippen molar-refractivity contribution in [3.8, 4) is 0 Å².